The summed E-state index contributed by atoms with van der Waals surface area (Å²) in [6, 6.07) is 0. The molecule has 0 radical (unpaired) electrons. The summed E-state index contributed by atoms with van der Waals surface area (Å²) in [5.41, 5.74) is -0.342. The molecule has 0 atom stereocenters. The van der Waals surface area contributed by atoms with Crippen molar-refractivity contribution in [3.8, 4) is 0 Å². The van der Waals surface area contributed by atoms with Gasteiger partial charge >= 0.3 is 5.97 Å². The van der Waals surface area contributed by atoms with Crippen LogP contribution < -0.4 is 4.72 Å². The number of rotatable bonds is 7. The van der Waals surface area contributed by atoms with Crippen LogP contribution in [0.3, 0.4) is 0 Å². The Hall–Kier alpha value is -2.27. The molecule has 0 unspecified atom stereocenters. The fourth-order valence-electron chi connectivity index (χ4n) is 1.78. The van der Waals surface area contributed by atoms with E-state index in [2.05, 4.69) is 30.1 Å². The molecule has 0 saturated heterocycles. The number of nitrogens with zero attached hydrogens (tertiary/aromatic N) is 3. The van der Waals surface area contributed by atoms with Gasteiger partial charge in [-0.2, -0.15) is 10.2 Å². The molecule has 0 spiro atoms. The van der Waals surface area contributed by atoms with E-state index in [-0.39, 0.29) is 17.1 Å². The molecule has 0 aliphatic rings. The quantitative estimate of drug-likeness (QED) is 0.500. The van der Waals surface area contributed by atoms with Gasteiger partial charge in [0.2, 0.25) is 10.0 Å². The maximum absolute atomic E-state index is 12.1. The highest BCUT2D eigenvalue weighted by molar-refractivity contribution is 7.89. The molecule has 114 valence electrons. The lowest BCUT2D eigenvalue weighted by Gasteiger charge is -2.06. The second-order valence-corrected chi connectivity index (χ2v) is 5.97. The highest BCUT2D eigenvalue weighted by atomic mass is 32.2. The number of aromatic nitrogens is 5. The van der Waals surface area contributed by atoms with E-state index < -0.39 is 21.7 Å². The number of nitrogens with one attached hydrogen (secondary N) is 3. The maximum atomic E-state index is 12.1. The Bertz CT molecular complexity index is 721. The molecule has 21 heavy (non-hydrogen) atoms. The van der Waals surface area contributed by atoms with Crippen LogP contribution in [0.5, 0.6) is 0 Å². The van der Waals surface area contributed by atoms with Crippen molar-refractivity contribution in [2.75, 3.05) is 6.54 Å². The standard InChI is InChI=1S/C10H14N6O4S/c1-6-9(8(10(17)18)16-14-6)21(19,20)13-4-2-3-7-11-5-12-15-7/h5,13H,2-4H2,1H3,(H,14,16)(H,17,18)(H,11,12,15). The lowest BCUT2D eigenvalue weighted by atomic mass is 10.3. The average Bonchev–Trinajstić information content (AvgIpc) is 3.03. The fraction of sp³-hybridized carbons (Fsp3) is 0.400. The van der Waals surface area contributed by atoms with E-state index in [0.29, 0.717) is 18.7 Å². The van der Waals surface area contributed by atoms with Crippen molar-refractivity contribution >= 4 is 16.0 Å². The van der Waals surface area contributed by atoms with Gasteiger partial charge in [0.05, 0.1) is 5.69 Å². The zero-order chi connectivity index (χ0) is 15.5. The third-order valence-electron chi connectivity index (χ3n) is 2.71. The van der Waals surface area contributed by atoms with Gasteiger partial charge in [0, 0.05) is 13.0 Å². The van der Waals surface area contributed by atoms with Crippen molar-refractivity contribution in [2.45, 2.75) is 24.7 Å². The second kappa shape index (κ2) is 6.01. The summed E-state index contributed by atoms with van der Waals surface area (Å²) in [5.74, 6) is -0.749. The first-order valence-corrected chi connectivity index (χ1v) is 7.52. The highest BCUT2D eigenvalue weighted by Gasteiger charge is 2.27. The minimum Gasteiger partial charge on any atom is -0.476 e. The molecule has 0 saturated carbocycles. The van der Waals surface area contributed by atoms with Gasteiger partial charge in [-0.3, -0.25) is 10.2 Å². The summed E-state index contributed by atoms with van der Waals surface area (Å²) in [4.78, 5) is 14.5. The molecule has 11 heteroatoms. The van der Waals surface area contributed by atoms with Crippen molar-refractivity contribution in [3.05, 3.63) is 23.5 Å². The first-order valence-electron chi connectivity index (χ1n) is 6.04. The highest BCUT2D eigenvalue weighted by Crippen LogP contribution is 2.17. The Kier molecular flexibility index (Phi) is 4.33. The molecule has 0 aliphatic heterocycles. The lowest BCUT2D eigenvalue weighted by Crippen LogP contribution is -2.27. The second-order valence-electron chi connectivity index (χ2n) is 4.26. The predicted octanol–water partition coefficient (Wildman–Crippen LogP) is -0.554. The molecule has 2 aromatic rings. The molecule has 0 aromatic carbocycles. The van der Waals surface area contributed by atoms with Gasteiger partial charge in [-0.05, 0) is 13.3 Å². The van der Waals surface area contributed by atoms with E-state index in [1.54, 1.807) is 0 Å². The minimum absolute atomic E-state index is 0.146. The number of aromatic carboxylic acids is 1. The van der Waals surface area contributed by atoms with Crippen LogP contribution in [-0.2, 0) is 16.4 Å². The maximum Gasteiger partial charge on any atom is 0.357 e. The number of sulfonamides is 1. The summed E-state index contributed by atoms with van der Waals surface area (Å²) >= 11 is 0. The number of carboxylic acid groups (broad SMARTS) is 1. The van der Waals surface area contributed by atoms with Crippen LogP contribution in [0, 0.1) is 6.92 Å². The normalized spacial score (nSPS) is 11.7. The third kappa shape index (κ3) is 3.44. The summed E-state index contributed by atoms with van der Waals surface area (Å²) in [5, 5.41) is 21.1. The Labute approximate surface area is 120 Å². The number of hydrogen-bond acceptors (Lipinski definition) is 6. The van der Waals surface area contributed by atoms with Crippen molar-refractivity contribution in [3.63, 3.8) is 0 Å². The number of carboxylic acids is 1. The number of aromatic amines is 2. The Morgan fingerprint density at radius 3 is 2.81 bits per heavy atom. The van der Waals surface area contributed by atoms with Crippen LogP contribution in [0.1, 0.15) is 28.4 Å². The number of aryl methyl sites for hydroxylation is 2. The lowest BCUT2D eigenvalue weighted by molar-refractivity contribution is 0.0686. The Morgan fingerprint density at radius 2 is 2.19 bits per heavy atom. The molecular formula is C10H14N6O4S. The third-order valence-corrected chi connectivity index (χ3v) is 4.33. The molecule has 2 aromatic heterocycles. The van der Waals surface area contributed by atoms with Crippen LogP contribution in [0.2, 0.25) is 0 Å². The van der Waals surface area contributed by atoms with Gasteiger partial charge in [-0.25, -0.2) is 22.9 Å². The Morgan fingerprint density at radius 1 is 1.43 bits per heavy atom. The van der Waals surface area contributed by atoms with Crippen LogP contribution >= 0.6 is 0 Å². The molecule has 4 N–H and O–H groups in total. The van der Waals surface area contributed by atoms with Gasteiger partial charge < -0.3 is 5.11 Å². The molecule has 0 fully saturated rings. The van der Waals surface area contributed by atoms with Crippen molar-refractivity contribution in [2.24, 2.45) is 0 Å². The molecule has 0 bridgehead atoms. The molecule has 0 amide bonds. The molecule has 10 nitrogen and oxygen atoms in total. The van der Waals surface area contributed by atoms with Crippen LogP contribution in [0.4, 0.5) is 0 Å². The molecule has 2 heterocycles. The van der Waals surface area contributed by atoms with Gasteiger partial charge in [0.25, 0.3) is 0 Å². The number of H-pyrrole nitrogens is 2. The summed E-state index contributed by atoms with van der Waals surface area (Å²) in [7, 11) is -3.94. The monoisotopic (exact) mass is 314 g/mol. The predicted molar refractivity (Wildman–Crippen MR) is 70.2 cm³/mol. The SMILES string of the molecule is Cc1[nH]nc(C(=O)O)c1S(=O)(=O)NCCCc1ncn[nH]1. The van der Waals surface area contributed by atoms with Gasteiger partial charge in [0.1, 0.15) is 17.0 Å². The fourth-order valence-corrected chi connectivity index (χ4v) is 3.17. The summed E-state index contributed by atoms with van der Waals surface area (Å²) in [6.07, 6.45) is 2.39. The smallest absolute Gasteiger partial charge is 0.357 e. The first-order chi connectivity index (χ1) is 9.92. The minimum atomic E-state index is -3.94. The largest absolute Gasteiger partial charge is 0.476 e. The van der Waals surface area contributed by atoms with Crippen molar-refractivity contribution < 1.29 is 18.3 Å². The number of carbonyl (C=O) groups is 1. The zero-order valence-electron chi connectivity index (χ0n) is 11.1. The molecule has 2 rings (SSSR count). The summed E-state index contributed by atoms with van der Waals surface area (Å²) < 4.78 is 26.6. The zero-order valence-corrected chi connectivity index (χ0v) is 11.9. The van der Waals surface area contributed by atoms with Crippen molar-refractivity contribution in [1.29, 1.82) is 0 Å². The van der Waals surface area contributed by atoms with E-state index in [1.807, 2.05) is 0 Å². The van der Waals surface area contributed by atoms with E-state index >= 15 is 0 Å². The van der Waals surface area contributed by atoms with E-state index in [1.165, 1.54) is 13.3 Å². The van der Waals surface area contributed by atoms with E-state index in [9.17, 15) is 13.2 Å². The average molecular weight is 314 g/mol. The Balaban J connectivity index is 2.02. The van der Waals surface area contributed by atoms with Gasteiger partial charge in [0.15, 0.2) is 5.69 Å². The topological polar surface area (TPSA) is 154 Å². The van der Waals surface area contributed by atoms with Crippen LogP contribution in [0.15, 0.2) is 11.2 Å². The van der Waals surface area contributed by atoms with Crippen LogP contribution in [-0.4, -0.2) is 51.4 Å². The van der Waals surface area contributed by atoms with E-state index in [0.717, 1.165) is 0 Å². The van der Waals surface area contributed by atoms with Crippen molar-refractivity contribution in [1.82, 2.24) is 30.1 Å². The van der Waals surface area contributed by atoms with Gasteiger partial charge in [-0.1, -0.05) is 0 Å². The van der Waals surface area contributed by atoms with Gasteiger partial charge in [-0.15, -0.1) is 0 Å². The molecular weight excluding hydrogens is 300 g/mol. The summed E-state index contributed by atoms with van der Waals surface area (Å²) in [6.45, 7) is 1.59. The molecule has 0 aliphatic carbocycles. The van der Waals surface area contributed by atoms with Crippen LogP contribution in [0.25, 0.3) is 0 Å². The first kappa shape index (κ1) is 15.1. The number of hydrogen-bond donors (Lipinski definition) is 4. The van der Waals surface area contributed by atoms with E-state index in [4.69, 9.17) is 5.11 Å².